The molecule has 0 N–H and O–H groups in total. The van der Waals surface area contributed by atoms with Crippen LogP contribution in [0.5, 0.6) is 0 Å². The number of fused-ring (bicyclic) bond motifs is 1. The van der Waals surface area contributed by atoms with Gasteiger partial charge in [-0.2, -0.15) is 0 Å². The Balaban J connectivity index is 1.65. The Morgan fingerprint density at radius 3 is 2.52 bits per heavy atom. The first-order valence-electron chi connectivity index (χ1n) is 12.6. The zero-order valence-corrected chi connectivity index (χ0v) is 23.5. The minimum atomic E-state index is -0.692. The highest BCUT2D eigenvalue weighted by Gasteiger charge is 2.34. The lowest BCUT2D eigenvalue weighted by Crippen LogP contribution is -2.43. The highest BCUT2D eigenvalue weighted by Crippen LogP contribution is 2.33. The van der Waals surface area contributed by atoms with Crippen LogP contribution in [0.3, 0.4) is 0 Å². The van der Waals surface area contributed by atoms with E-state index in [1.54, 1.807) is 60.4 Å². The quantitative estimate of drug-likeness (QED) is 0.229. The van der Waals surface area contributed by atoms with E-state index in [0.29, 0.717) is 55.8 Å². The van der Waals surface area contributed by atoms with Gasteiger partial charge in [-0.1, -0.05) is 47.2 Å². The third-order valence-corrected chi connectivity index (χ3v) is 7.99. The number of nitro benzene ring substituents is 1. The summed E-state index contributed by atoms with van der Waals surface area (Å²) in [6.45, 7) is 6.63. The van der Waals surface area contributed by atoms with Crippen molar-refractivity contribution < 1.29 is 14.1 Å². The summed E-state index contributed by atoms with van der Waals surface area (Å²) >= 11 is 7.33. The van der Waals surface area contributed by atoms with Crippen LogP contribution in [0.25, 0.3) is 17.4 Å². The largest absolute Gasteiger partial charge is 0.456 e. The highest BCUT2D eigenvalue weighted by molar-refractivity contribution is 7.07. The maximum atomic E-state index is 13.9. The van der Waals surface area contributed by atoms with E-state index in [-0.39, 0.29) is 17.2 Å². The van der Waals surface area contributed by atoms with E-state index < -0.39 is 11.0 Å². The van der Waals surface area contributed by atoms with E-state index in [1.165, 1.54) is 22.0 Å². The summed E-state index contributed by atoms with van der Waals surface area (Å²) in [6.07, 6.45) is 1.59. The molecule has 0 spiro atoms. The number of allylic oxidation sites excluding steroid dienone is 1. The van der Waals surface area contributed by atoms with E-state index in [9.17, 15) is 19.7 Å². The van der Waals surface area contributed by atoms with Crippen molar-refractivity contribution in [2.45, 2.75) is 26.8 Å². The molecule has 2 aromatic carbocycles. The second-order valence-electron chi connectivity index (χ2n) is 9.09. The molecule has 204 valence electrons. The molecule has 11 heteroatoms. The van der Waals surface area contributed by atoms with Gasteiger partial charge < -0.3 is 9.32 Å². The second kappa shape index (κ2) is 11.1. The van der Waals surface area contributed by atoms with Gasteiger partial charge in [0.25, 0.3) is 17.2 Å². The average molecular weight is 577 g/mol. The Bertz CT molecular complexity index is 1830. The van der Waals surface area contributed by atoms with Crippen molar-refractivity contribution in [2.75, 3.05) is 13.1 Å². The van der Waals surface area contributed by atoms with Crippen molar-refractivity contribution >= 4 is 40.6 Å². The molecule has 0 fully saturated rings. The number of hydrogen-bond acceptors (Lipinski definition) is 7. The predicted molar refractivity (Wildman–Crippen MR) is 154 cm³/mol. The Morgan fingerprint density at radius 2 is 1.85 bits per heavy atom. The third-order valence-electron chi connectivity index (χ3n) is 6.75. The molecule has 4 aromatic rings. The minimum absolute atomic E-state index is 0.0772. The molecule has 1 aliphatic rings. The van der Waals surface area contributed by atoms with Crippen molar-refractivity contribution in [1.29, 1.82) is 0 Å². The molecule has 1 aliphatic heterocycles. The van der Waals surface area contributed by atoms with Gasteiger partial charge in [-0.3, -0.25) is 24.3 Å². The van der Waals surface area contributed by atoms with Crippen LogP contribution in [0.4, 0.5) is 5.69 Å². The van der Waals surface area contributed by atoms with Crippen LogP contribution in [0.15, 0.2) is 86.1 Å². The number of para-hydroxylation sites is 1. The van der Waals surface area contributed by atoms with Gasteiger partial charge in [0.05, 0.1) is 32.3 Å². The number of carbonyl (C=O) groups excluding carboxylic acids is 1. The molecule has 0 saturated heterocycles. The maximum absolute atomic E-state index is 13.9. The SMILES string of the molecule is CCN(CC)C(=O)C1=C(C)N=c2s/c(=C/c3ccc(-c4ccccc4[N+](=O)[O-])o3)c(=O)n2[C@H]1c1ccc(Cl)cc1. The molecule has 0 aliphatic carbocycles. The number of thiazole rings is 1. The van der Waals surface area contributed by atoms with Gasteiger partial charge in [-0.25, -0.2) is 4.99 Å². The fourth-order valence-corrected chi connectivity index (χ4v) is 5.93. The number of halogens is 1. The van der Waals surface area contributed by atoms with Crippen LogP contribution < -0.4 is 14.9 Å². The van der Waals surface area contributed by atoms with Gasteiger partial charge in [0.15, 0.2) is 4.80 Å². The zero-order chi connectivity index (χ0) is 28.6. The van der Waals surface area contributed by atoms with Gasteiger partial charge in [0, 0.05) is 30.3 Å². The van der Waals surface area contributed by atoms with Gasteiger partial charge in [-0.05, 0) is 56.7 Å². The van der Waals surface area contributed by atoms with E-state index >= 15 is 0 Å². The second-order valence-corrected chi connectivity index (χ2v) is 10.5. The van der Waals surface area contributed by atoms with Gasteiger partial charge >= 0.3 is 0 Å². The van der Waals surface area contributed by atoms with E-state index in [2.05, 4.69) is 4.99 Å². The van der Waals surface area contributed by atoms with E-state index in [4.69, 9.17) is 16.0 Å². The Hall–Kier alpha value is -4.28. The summed E-state index contributed by atoms with van der Waals surface area (Å²) in [6, 6.07) is 16.0. The van der Waals surface area contributed by atoms with E-state index in [1.807, 2.05) is 26.0 Å². The number of carbonyl (C=O) groups is 1. The molecule has 1 atom stereocenters. The molecule has 9 nitrogen and oxygen atoms in total. The zero-order valence-electron chi connectivity index (χ0n) is 22.0. The molecule has 40 heavy (non-hydrogen) atoms. The van der Waals surface area contributed by atoms with Crippen LogP contribution >= 0.6 is 22.9 Å². The summed E-state index contributed by atoms with van der Waals surface area (Å²) in [7, 11) is 0. The Kier molecular flexibility index (Phi) is 7.55. The number of amides is 1. The molecule has 3 heterocycles. The van der Waals surface area contributed by atoms with Crippen LogP contribution in [0.1, 0.15) is 38.1 Å². The topological polar surface area (TPSA) is 111 Å². The van der Waals surface area contributed by atoms with Crippen LogP contribution in [0.2, 0.25) is 5.02 Å². The predicted octanol–water partition coefficient (Wildman–Crippen LogP) is 4.93. The van der Waals surface area contributed by atoms with E-state index in [0.717, 1.165) is 5.56 Å². The van der Waals surface area contributed by atoms with Crippen LogP contribution in [0, 0.1) is 10.1 Å². The van der Waals surface area contributed by atoms with Crippen molar-refractivity contribution in [3.05, 3.63) is 118 Å². The monoisotopic (exact) mass is 576 g/mol. The van der Waals surface area contributed by atoms with Crippen LogP contribution in [-0.2, 0) is 4.79 Å². The number of nitro groups is 1. The standard InChI is InChI=1S/C29H25ClN4O5S/c1-4-32(5-2)28(36)25-17(3)31-29-33(26(25)18-10-12-19(30)13-11-18)27(35)24(40-29)16-20-14-15-23(39-20)21-8-6-7-9-22(21)34(37)38/h6-16,26H,4-5H2,1-3H3/b24-16+/t26-/m0/s1. The molecule has 0 bridgehead atoms. The molecule has 0 saturated carbocycles. The number of nitrogens with zero attached hydrogens (tertiary/aromatic N) is 4. The Labute approximate surface area is 238 Å². The Morgan fingerprint density at radius 1 is 1.15 bits per heavy atom. The number of rotatable bonds is 7. The number of benzene rings is 2. The summed E-state index contributed by atoms with van der Waals surface area (Å²) < 4.78 is 7.79. The van der Waals surface area contributed by atoms with Crippen molar-refractivity contribution in [3.8, 4) is 11.3 Å². The van der Waals surface area contributed by atoms with Crippen molar-refractivity contribution in [3.63, 3.8) is 0 Å². The average Bonchev–Trinajstić information content (AvgIpc) is 3.53. The summed E-state index contributed by atoms with van der Waals surface area (Å²) in [4.78, 5) is 45.3. The number of aromatic nitrogens is 1. The molecule has 2 aromatic heterocycles. The van der Waals surface area contributed by atoms with Gasteiger partial charge in [0.1, 0.15) is 11.5 Å². The van der Waals surface area contributed by atoms with Crippen molar-refractivity contribution in [1.82, 2.24) is 9.47 Å². The number of likely N-dealkylation sites (N-methyl/N-ethyl adjacent to an activating group) is 1. The van der Waals surface area contributed by atoms with Crippen LogP contribution in [-0.4, -0.2) is 33.4 Å². The third kappa shape index (κ3) is 4.91. The minimum Gasteiger partial charge on any atom is -0.456 e. The van der Waals surface area contributed by atoms with Crippen molar-refractivity contribution in [2.24, 2.45) is 4.99 Å². The molecule has 0 unspecified atom stereocenters. The maximum Gasteiger partial charge on any atom is 0.280 e. The summed E-state index contributed by atoms with van der Waals surface area (Å²) in [5.41, 5.74) is 1.64. The first kappa shape index (κ1) is 27.3. The number of furan rings is 1. The van der Waals surface area contributed by atoms with Gasteiger partial charge in [-0.15, -0.1) is 0 Å². The fraction of sp³-hybridized carbons (Fsp3) is 0.207. The molecule has 1 amide bonds. The lowest BCUT2D eigenvalue weighted by atomic mass is 9.94. The lowest BCUT2D eigenvalue weighted by molar-refractivity contribution is -0.384. The summed E-state index contributed by atoms with van der Waals surface area (Å²) in [5.74, 6) is 0.491. The molecule has 5 rings (SSSR count). The molecule has 0 radical (unpaired) electrons. The fourth-order valence-electron chi connectivity index (χ4n) is 4.78. The highest BCUT2D eigenvalue weighted by atomic mass is 35.5. The molecular weight excluding hydrogens is 552 g/mol. The number of hydrogen-bond donors (Lipinski definition) is 0. The first-order valence-corrected chi connectivity index (χ1v) is 13.8. The summed E-state index contributed by atoms with van der Waals surface area (Å²) in [5, 5.41) is 12.0. The lowest BCUT2D eigenvalue weighted by Gasteiger charge is -2.29. The smallest absolute Gasteiger partial charge is 0.280 e. The molecular formula is C29H25ClN4O5S. The van der Waals surface area contributed by atoms with Gasteiger partial charge in [0.2, 0.25) is 0 Å². The first-order chi connectivity index (χ1) is 19.2. The normalized spacial score (nSPS) is 15.1.